The van der Waals surface area contributed by atoms with E-state index in [0.717, 1.165) is 5.69 Å². The molecule has 4 aliphatic rings. The van der Waals surface area contributed by atoms with E-state index >= 15 is 0 Å². The predicted octanol–water partition coefficient (Wildman–Crippen LogP) is 3.10. The molecule has 1 aromatic carbocycles. The van der Waals surface area contributed by atoms with Crippen LogP contribution in [0.25, 0.3) is 0 Å². The second kappa shape index (κ2) is 3.47. The predicted molar refractivity (Wildman–Crippen MR) is 71.5 cm³/mol. The molecule has 2 bridgehead atoms. The van der Waals surface area contributed by atoms with Crippen molar-refractivity contribution in [3.05, 3.63) is 42.0 Å². The van der Waals surface area contributed by atoms with Crippen molar-refractivity contribution < 1.29 is 4.79 Å². The summed E-state index contributed by atoms with van der Waals surface area (Å²) in [7, 11) is 0. The quantitative estimate of drug-likeness (QED) is 0.637. The zero-order valence-electron chi connectivity index (χ0n) is 10.5. The SMILES string of the molecule is CC(=O)N1c2ccccc2C2C1[C@H]1C=C[C@@H]2CC1. The third kappa shape index (κ3) is 1.16. The number of para-hydroxylation sites is 1. The van der Waals surface area contributed by atoms with Gasteiger partial charge in [0.1, 0.15) is 0 Å². The van der Waals surface area contributed by atoms with E-state index in [9.17, 15) is 4.79 Å². The van der Waals surface area contributed by atoms with Crippen LogP contribution in [-0.2, 0) is 4.79 Å². The summed E-state index contributed by atoms with van der Waals surface area (Å²) in [6.07, 6.45) is 7.25. The van der Waals surface area contributed by atoms with E-state index in [0.29, 0.717) is 23.8 Å². The summed E-state index contributed by atoms with van der Waals surface area (Å²) in [5.41, 5.74) is 2.54. The number of carbonyl (C=O) groups excluding carboxylic acids is 1. The first-order valence-electron chi connectivity index (χ1n) is 6.84. The lowest BCUT2D eigenvalue weighted by atomic mass is 9.65. The first-order chi connectivity index (χ1) is 8.77. The monoisotopic (exact) mass is 239 g/mol. The van der Waals surface area contributed by atoms with Crippen LogP contribution in [0.1, 0.15) is 31.2 Å². The van der Waals surface area contributed by atoms with Gasteiger partial charge in [0, 0.05) is 18.5 Å². The van der Waals surface area contributed by atoms with Crippen molar-refractivity contribution in [3.63, 3.8) is 0 Å². The van der Waals surface area contributed by atoms with Crippen molar-refractivity contribution in [2.75, 3.05) is 4.90 Å². The highest BCUT2D eigenvalue weighted by Crippen LogP contribution is 2.55. The summed E-state index contributed by atoms with van der Waals surface area (Å²) >= 11 is 0. The van der Waals surface area contributed by atoms with E-state index < -0.39 is 0 Å². The van der Waals surface area contributed by atoms with Crippen molar-refractivity contribution in [2.45, 2.75) is 31.7 Å². The fourth-order valence-electron chi connectivity index (χ4n) is 4.26. The van der Waals surface area contributed by atoms with Gasteiger partial charge in [-0.25, -0.2) is 0 Å². The van der Waals surface area contributed by atoms with Crippen LogP contribution in [0.5, 0.6) is 0 Å². The van der Waals surface area contributed by atoms with Gasteiger partial charge in [0.2, 0.25) is 5.91 Å². The van der Waals surface area contributed by atoms with Crippen LogP contribution in [0.4, 0.5) is 5.69 Å². The van der Waals surface area contributed by atoms with Crippen molar-refractivity contribution >= 4 is 11.6 Å². The van der Waals surface area contributed by atoms with Crippen LogP contribution < -0.4 is 4.90 Å². The van der Waals surface area contributed by atoms with E-state index in [1.54, 1.807) is 6.92 Å². The molecular weight excluding hydrogens is 222 g/mol. The van der Waals surface area contributed by atoms with E-state index in [2.05, 4.69) is 35.3 Å². The minimum Gasteiger partial charge on any atom is -0.308 e. The average Bonchev–Trinajstić information content (AvgIpc) is 2.77. The standard InChI is InChI=1S/C16H17NO/c1-10(18)17-14-5-3-2-4-13(14)15-11-6-8-12(9-7-11)16(15)17/h2-6,8,11-12,15-16H,7,9H2,1H3/t11-,12+,15?,16?/m1/s1. The molecule has 1 aliphatic heterocycles. The smallest absolute Gasteiger partial charge is 0.224 e. The van der Waals surface area contributed by atoms with Crippen LogP contribution >= 0.6 is 0 Å². The third-order valence-electron chi connectivity index (χ3n) is 4.90. The highest BCUT2D eigenvalue weighted by molar-refractivity contribution is 5.95. The summed E-state index contributed by atoms with van der Waals surface area (Å²) in [6, 6.07) is 8.84. The molecule has 1 heterocycles. The molecule has 1 amide bonds. The Bertz CT molecular complexity index is 548. The van der Waals surface area contributed by atoms with Gasteiger partial charge in [-0.2, -0.15) is 0 Å². The number of rotatable bonds is 0. The van der Waals surface area contributed by atoms with Gasteiger partial charge in [0.05, 0.1) is 6.04 Å². The molecule has 2 nitrogen and oxygen atoms in total. The molecule has 1 saturated carbocycles. The summed E-state index contributed by atoms with van der Waals surface area (Å²) < 4.78 is 0. The summed E-state index contributed by atoms with van der Waals surface area (Å²) in [4.78, 5) is 14.1. The fourth-order valence-corrected chi connectivity index (χ4v) is 4.26. The Morgan fingerprint density at radius 3 is 2.61 bits per heavy atom. The number of hydrogen-bond acceptors (Lipinski definition) is 1. The maximum Gasteiger partial charge on any atom is 0.224 e. The Morgan fingerprint density at radius 2 is 1.89 bits per heavy atom. The maximum atomic E-state index is 12.0. The molecule has 2 unspecified atom stereocenters. The van der Waals surface area contributed by atoms with Gasteiger partial charge in [-0.3, -0.25) is 4.79 Å². The van der Waals surface area contributed by atoms with Crippen molar-refractivity contribution in [3.8, 4) is 0 Å². The van der Waals surface area contributed by atoms with Crippen LogP contribution in [0.3, 0.4) is 0 Å². The third-order valence-corrected chi connectivity index (χ3v) is 4.90. The van der Waals surface area contributed by atoms with Gasteiger partial charge >= 0.3 is 0 Å². The molecule has 0 saturated heterocycles. The normalized spacial score (nSPS) is 35.5. The molecular formula is C16H17NO. The van der Waals surface area contributed by atoms with E-state index in [1.165, 1.54) is 18.4 Å². The topological polar surface area (TPSA) is 20.3 Å². The van der Waals surface area contributed by atoms with Crippen LogP contribution in [-0.4, -0.2) is 11.9 Å². The Kier molecular flexibility index (Phi) is 2.00. The zero-order valence-corrected chi connectivity index (χ0v) is 10.5. The lowest BCUT2D eigenvalue weighted by Gasteiger charge is -2.44. The highest BCUT2D eigenvalue weighted by Gasteiger charge is 2.50. The molecule has 1 fully saturated rings. The number of nitrogens with zero attached hydrogens (tertiary/aromatic N) is 1. The number of benzene rings is 1. The van der Waals surface area contributed by atoms with E-state index in [-0.39, 0.29) is 5.91 Å². The molecule has 1 aromatic rings. The molecule has 0 spiro atoms. The van der Waals surface area contributed by atoms with Gasteiger partial charge in [0.25, 0.3) is 0 Å². The molecule has 18 heavy (non-hydrogen) atoms. The number of hydrogen-bond donors (Lipinski definition) is 0. The molecule has 3 aliphatic carbocycles. The molecule has 92 valence electrons. The highest BCUT2D eigenvalue weighted by atomic mass is 16.2. The number of carbonyl (C=O) groups is 1. The summed E-state index contributed by atoms with van der Waals surface area (Å²) in [5.74, 6) is 1.91. The molecule has 5 rings (SSSR count). The van der Waals surface area contributed by atoms with Crippen molar-refractivity contribution in [1.82, 2.24) is 0 Å². The number of fused-ring (bicyclic) bond motifs is 2. The van der Waals surface area contributed by atoms with Gasteiger partial charge in [-0.1, -0.05) is 30.4 Å². The molecule has 0 radical (unpaired) electrons. The number of allylic oxidation sites excluding steroid dienone is 1. The van der Waals surface area contributed by atoms with Crippen molar-refractivity contribution in [2.24, 2.45) is 11.8 Å². The lowest BCUT2D eigenvalue weighted by molar-refractivity contribution is -0.117. The minimum absolute atomic E-state index is 0.191. The molecule has 0 aromatic heterocycles. The number of amides is 1. The molecule has 2 heteroatoms. The second-order valence-corrected chi connectivity index (χ2v) is 5.75. The Morgan fingerprint density at radius 1 is 1.17 bits per heavy atom. The largest absolute Gasteiger partial charge is 0.308 e. The first kappa shape index (κ1) is 10.4. The van der Waals surface area contributed by atoms with Gasteiger partial charge in [0.15, 0.2) is 0 Å². The maximum absolute atomic E-state index is 12.0. The Hall–Kier alpha value is -1.57. The van der Waals surface area contributed by atoms with Crippen LogP contribution in [0.2, 0.25) is 0 Å². The van der Waals surface area contributed by atoms with Gasteiger partial charge < -0.3 is 4.90 Å². The minimum atomic E-state index is 0.191. The van der Waals surface area contributed by atoms with Gasteiger partial charge in [-0.15, -0.1) is 0 Å². The van der Waals surface area contributed by atoms with Gasteiger partial charge in [-0.05, 0) is 36.3 Å². The molecule has 4 atom stereocenters. The first-order valence-corrected chi connectivity index (χ1v) is 6.84. The van der Waals surface area contributed by atoms with E-state index in [1.807, 2.05) is 6.07 Å². The average molecular weight is 239 g/mol. The second-order valence-electron chi connectivity index (χ2n) is 5.75. The molecule has 0 N–H and O–H groups in total. The summed E-state index contributed by atoms with van der Waals surface area (Å²) in [5, 5.41) is 0. The van der Waals surface area contributed by atoms with Crippen molar-refractivity contribution in [1.29, 1.82) is 0 Å². The lowest BCUT2D eigenvalue weighted by Crippen LogP contribution is -2.48. The Balaban J connectivity index is 1.92. The van der Waals surface area contributed by atoms with Crippen LogP contribution in [0.15, 0.2) is 36.4 Å². The number of anilines is 1. The Labute approximate surface area is 107 Å². The zero-order chi connectivity index (χ0) is 12.3. The van der Waals surface area contributed by atoms with E-state index in [4.69, 9.17) is 0 Å². The summed E-state index contributed by atoms with van der Waals surface area (Å²) in [6.45, 7) is 1.70. The van der Waals surface area contributed by atoms with Crippen LogP contribution in [0, 0.1) is 11.8 Å². The fraction of sp³-hybridized carbons (Fsp3) is 0.438.